The lowest BCUT2D eigenvalue weighted by Gasteiger charge is -2.15. The molecule has 0 saturated heterocycles. The van der Waals surface area contributed by atoms with Gasteiger partial charge in [0.2, 0.25) is 0 Å². The second-order valence-electron chi connectivity index (χ2n) is 5.06. The lowest BCUT2D eigenvalue weighted by Crippen LogP contribution is -2.28. The van der Waals surface area contributed by atoms with Gasteiger partial charge in [0.05, 0.1) is 18.3 Å². The molecule has 0 radical (unpaired) electrons. The fraction of sp³-hybridized carbons (Fsp3) is 0.0588. The number of pyridine rings is 1. The number of benzene rings is 2. The number of halogens is 2. The summed E-state index contributed by atoms with van der Waals surface area (Å²) in [6.07, 6.45) is 0. The predicted molar refractivity (Wildman–Crippen MR) is 93.0 cm³/mol. The number of methoxy groups -OCH3 is 1. The number of fused-ring (bicyclic) bond motifs is 1. The van der Waals surface area contributed by atoms with Crippen LogP contribution in [-0.2, 0) is 4.74 Å². The van der Waals surface area contributed by atoms with Crippen LogP contribution >= 0.6 is 15.9 Å². The Kier molecular flexibility index (Phi) is 4.11. The number of anilines is 1. The number of hydrogen-bond acceptors (Lipinski definition) is 4. The standard InChI is InChI=1S/C17H12BrFN2O3/c1-24-17(23)14-15(20)12-7-2-9(18)8-13(12)21(16(14)22)11-5-3-10(19)4-6-11/h2-8H,20H2,1H3. The van der Waals surface area contributed by atoms with Gasteiger partial charge in [-0.1, -0.05) is 15.9 Å². The van der Waals surface area contributed by atoms with Crippen molar-refractivity contribution >= 4 is 38.5 Å². The van der Waals surface area contributed by atoms with E-state index in [4.69, 9.17) is 5.73 Å². The van der Waals surface area contributed by atoms with Gasteiger partial charge < -0.3 is 10.5 Å². The van der Waals surface area contributed by atoms with Gasteiger partial charge in [-0.2, -0.15) is 0 Å². The monoisotopic (exact) mass is 390 g/mol. The third kappa shape index (κ3) is 2.56. The minimum absolute atomic E-state index is 0.0488. The summed E-state index contributed by atoms with van der Waals surface area (Å²) >= 11 is 3.35. The van der Waals surface area contributed by atoms with E-state index < -0.39 is 17.3 Å². The highest BCUT2D eigenvalue weighted by Gasteiger charge is 2.22. The molecule has 2 aromatic carbocycles. The van der Waals surface area contributed by atoms with Crippen LogP contribution < -0.4 is 11.3 Å². The first-order valence-electron chi connectivity index (χ1n) is 6.92. The van der Waals surface area contributed by atoms with Crippen molar-refractivity contribution in [1.29, 1.82) is 0 Å². The van der Waals surface area contributed by atoms with Crippen LogP contribution in [0.15, 0.2) is 51.7 Å². The van der Waals surface area contributed by atoms with E-state index in [1.807, 2.05) is 0 Å². The fourth-order valence-corrected chi connectivity index (χ4v) is 2.88. The maximum atomic E-state index is 13.2. The molecule has 0 spiro atoms. The topological polar surface area (TPSA) is 74.3 Å². The minimum atomic E-state index is -0.821. The van der Waals surface area contributed by atoms with E-state index in [2.05, 4.69) is 20.7 Å². The van der Waals surface area contributed by atoms with Crippen LogP contribution in [0, 0.1) is 5.82 Å². The maximum absolute atomic E-state index is 13.2. The fourth-order valence-electron chi connectivity index (χ4n) is 2.53. The van der Waals surface area contributed by atoms with Gasteiger partial charge in [-0.3, -0.25) is 9.36 Å². The summed E-state index contributed by atoms with van der Waals surface area (Å²) in [7, 11) is 1.18. The van der Waals surface area contributed by atoms with E-state index >= 15 is 0 Å². The number of nitrogen functional groups attached to an aromatic ring is 1. The largest absolute Gasteiger partial charge is 0.465 e. The SMILES string of the molecule is COC(=O)c1c(N)c2ccc(Br)cc2n(-c2ccc(F)cc2)c1=O. The van der Waals surface area contributed by atoms with E-state index in [-0.39, 0.29) is 11.3 Å². The lowest BCUT2D eigenvalue weighted by molar-refractivity contribution is 0.0600. The Balaban J connectivity index is 2.50. The molecule has 0 saturated carbocycles. The molecule has 0 aliphatic carbocycles. The molecule has 0 unspecified atom stereocenters. The van der Waals surface area contributed by atoms with Gasteiger partial charge in [0, 0.05) is 15.5 Å². The van der Waals surface area contributed by atoms with Crippen LogP contribution in [0.1, 0.15) is 10.4 Å². The normalized spacial score (nSPS) is 10.8. The van der Waals surface area contributed by atoms with Crippen LogP contribution in [-0.4, -0.2) is 17.6 Å². The molecule has 0 fully saturated rings. The van der Waals surface area contributed by atoms with Crippen LogP contribution in [0.25, 0.3) is 16.6 Å². The van der Waals surface area contributed by atoms with Crippen molar-refractivity contribution in [3.8, 4) is 5.69 Å². The average Bonchev–Trinajstić information content (AvgIpc) is 2.56. The van der Waals surface area contributed by atoms with E-state index in [9.17, 15) is 14.0 Å². The molecule has 122 valence electrons. The molecule has 0 aliphatic rings. The molecule has 0 atom stereocenters. The molecule has 0 aliphatic heterocycles. The maximum Gasteiger partial charge on any atom is 0.345 e. The Hall–Kier alpha value is -2.67. The summed E-state index contributed by atoms with van der Waals surface area (Å²) in [5.41, 5.74) is 6.10. The summed E-state index contributed by atoms with van der Waals surface area (Å²) in [5.74, 6) is -1.25. The molecule has 5 nitrogen and oxygen atoms in total. The van der Waals surface area contributed by atoms with Gasteiger partial charge in [0.25, 0.3) is 5.56 Å². The summed E-state index contributed by atoms with van der Waals surface area (Å²) in [5, 5.41) is 0.516. The van der Waals surface area contributed by atoms with Crippen molar-refractivity contribution < 1.29 is 13.9 Å². The van der Waals surface area contributed by atoms with E-state index in [0.717, 1.165) is 4.47 Å². The van der Waals surface area contributed by atoms with Crippen molar-refractivity contribution in [3.63, 3.8) is 0 Å². The number of nitrogens with two attached hydrogens (primary N) is 1. The number of carbonyl (C=O) groups is 1. The highest BCUT2D eigenvalue weighted by molar-refractivity contribution is 9.10. The predicted octanol–water partition coefficient (Wildman–Crippen LogP) is 3.26. The van der Waals surface area contributed by atoms with Crippen molar-refractivity contribution in [2.24, 2.45) is 0 Å². The van der Waals surface area contributed by atoms with Crippen LogP contribution in [0.2, 0.25) is 0 Å². The molecule has 0 bridgehead atoms. The number of nitrogens with zero attached hydrogens (tertiary/aromatic N) is 1. The number of carbonyl (C=O) groups excluding carboxylic acids is 1. The zero-order valence-electron chi connectivity index (χ0n) is 12.5. The molecule has 7 heteroatoms. The molecular weight excluding hydrogens is 379 g/mol. The van der Waals surface area contributed by atoms with E-state index in [1.54, 1.807) is 18.2 Å². The van der Waals surface area contributed by atoms with Crippen LogP contribution in [0.5, 0.6) is 0 Å². The van der Waals surface area contributed by atoms with Crippen LogP contribution in [0.3, 0.4) is 0 Å². The molecule has 1 heterocycles. The van der Waals surface area contributed by atoms with Gasteiger partial charge in [-0.15, -0.1) is 0 Å². The van der Waals surface area contributed by atoms with Crippen molar-refractivity contribution in [2.45, 2.75) is 0 Å². The Morgan fingerprint density at radius 2 is 1.88 bits per heavy atom. The molecular formula is C17H12BrFN2O3. The molecule has 1 aromatic heterocycles. The number of rotatable bonds is 2. The number of ether oxygens (including phenoxy) is 1. The second-order valence-corrected chi connectivity index (χ2v) is 5.97. The first-order chi connectivity index (χ1) is 11.4. The molecule has 24 heavy (non-hydrogen) atoms. The van der Waals surface area contributed by atoms with E-state index in [1.165, 1.54) is 35.9 Å². The first kappa shape index (κ1) is 16.2. The third-order valence-electron chi connectivity index (χ3n) is 3.65. The van der Waals surface area contributed by atoms with Gasteiger partial charge in [-0.25, -0.2) is 9.18 Å². The quantitative estimate of drug-likeness (QED) is 0.681. The molecule has 3 aromatic rings. The highest BCUT2D eigenvalue weighted by Crippen LogP contribution is 2.28. The summed E-state index contributed by atoms with van der Waals surface area (Å²) < 4.78 is 19.9. The summed E-state index contributed by atoms with van der Waals surface area (Å²) in [4.78, 5) is 24.9. The number of aromatic nitrogens is 1. The lowest BCUT2D eigenvalue weighted by atomic mass is 10.1. The van der Waals surface area contributed by atoms with Crippen LogP contribution in [0.4, 0.5) is 10.1 Å². The second kappa shape index (κ2) is 6.09. The van der Waals surface area contributed by atoms with Gasteiger partial charge >= 0.3 is 5.97 Å². The third-order valence-corrected chi connectivity index (χ3v) is 4.14. The van der Waals surface area contributed by atoms with Crippen molar-refractivity contribution in [1.82, 2.24) is 4.57 Å². The van der Waals surface area contributed by atoms with Gasteiger partial charge in [0.15, 0.2) is 0 Å². The number of hydrogen-bond donors (Lipinski definition) is 1. The van der Waals surface area contributed by atoms with Crippen molar-refractivity contribution in [2.75, 3.05) is 12.8 Å². The van der Waals surface area contributed by atoms with Gasteiger partial charge in [-0.05, 0) is 42.5 Å². The zero-order chi connectivity index (χ0) is 17.4. The highest BCUT2D eigenvalue weighted by atomic mass is 79.9. The first-order valence-corrected chi connectivity index (χ1v) is 7.71. The Morgan fingerprint density at radius 1 is 1.21 bits per heavy atom. The van der Waals surface area contributed by atoms with E-state index in [0.29, 0.717) is 16.6 Å². The van der Waals surface area contributed by atoms with Crippen molar-refractivity contribution in [3.05, 3.63) is 68.7 Å². The Morgan fingerprint density at radius 3 is 2.50 bits per heavy atom. The number of esters is 1. The molecule has 3 rings (SSSR count). The minimum Gasteiger partial charge on any atom is -0.465 e. The molecule has 0 amide bonds. The molecule has 2 N–H and O–H groups in total. The average molecular weight is 391 g/mol. The summed E-state index contributed by atoms with van der Waals surface area (Å²) in [6, 6.07) is 10.5. The van der Waals surface area contributed by atoms with Gasteiger partial charge in [0.1, 0.15) is 11.4 Å². The summed E-state index contributed by atoms with van der Waals surface area (Å²) in [6.45, 7) is 0. The Bertz CT molecular complexity index is 1010. The Labute approximate surface area is 144 Å². The zero-order valence-corrected chi connectivity index (χ0v) is 14.1. The smallest absolute Gasteiger partial charge is 0.345 e.